The van der Waals surface area contributed by atoms with Gasteiger partial charge < -0.3 is 10.1 Å². The van der Waals surface area contributed by atoms with Crippen molar-refractivity contribution in [3.05, 3.63) is 0 Å². The van der Waals surface area contributed by atoms with Gasteiger partial charge in [0.05, 0.1) is 5.54 Å². The lowest BCUT2D eigenvalue weighted by molar-refractivity contribution is -0.114. The molecule has 0 aliphatic carbocycles. The van der Waals surface area contributed by atoms with Crippen LogP contribution in [0.1, 0.15) is 27.2 Å². The van der Waals surface area contributed by atoms with E-state index in [1.54, 1.807) is 14.1 Å². The number of aldehydes is 1. The van der Waals surface area contributed by atoms with Crippen LogP contribution in [0.2, 0.25) is 0 Å². The topological polar surface area (TPSA) is 61.4 Å². The number of carbonyl (C=O) groups excluding carboxylic acids is 2. The highest BCUT2D eigenvalue weighted by Gasteiger charge is 2.34. The minimum atomic E-state index is -0.776. The molecule has 0 rings (SSSR count). The monoisotopic (exact) mass is 215 g/mol. The largest absolute Gasteiger partial charge is 0.332 e. The summed E-state index contributed by atoms with van der Waals surface area (Å²) < 4.78 is 0. The van der Waals surface area contributed by atoms with Gasteiger partial charge in [-0.15, -0.1) is 0 Å². The van der Waals surface area contributed by atoms with Crippen LogP contribution in [-0.2, 0) is 4.79 Å². The molecule has 1 atom stereocenters. The number of amides is 2. The lowest BCUT2D eigenvalue weighted by Gasteiger charge is -2.33. The maximum atomic E-state index is 11.6. The van der Waals surface area contributed by atoms with Crippen molar-refractivity contribution in [2.24, 2.45) is 5.92 Å². The normalized spacial score (nSPS) is 14.5. The van der Waals surface area contributed by atoms with E-state index in [4.69, 9.17) is 0 Å². The average Bonchev–Trinajstić information content (AvgIpc) is 2.24. The van der Waals surface area contributed by atoms with Crippen LogP contribution in [0.25, 0.3) is 0 Å². The molecule has 0 heterocycles. The predicted molar refractivity (Wildman–Crippen MR) is 59.3 cm³/mol. The second-order valence-corrected chi connectivity index (χ2v) is 3.88. The minimum absolute atomic E-state index is 0.0641. The molecule has 0 aromatic carbocycles. The molecule has 15 heavy (non-hydrogen) atoms. The Hall–Kier alpha value is -1.10. The van der Waals surface area contributed by atoms with Crippen molar-refractivity contribution in [1.29, 1.82) is 0 Å². The van der Waals surface area contributed by atoms with E-state index >= 15 is 0 Å². The van der Waals surface area contributed by atoms with E-state index in [0.29, 0.717) is 6.42 Å². The fraction of sp³-hybridized carbons (Fsp3) is 0.800. The molecule has 0 spiro atoms. The summed E-state index contributed by atoms with van der Waals surface area (Å²) in [4.78, 5) is 22.7. The molecule has 88 valence electrons. The number of hydrogen-bond donors (Lipinski definition) is 2. The van der Waals surface area contributed by atoms with Gasteiger partial charge >= 0.3 is 6.03 Å². The summed E-state index contributed by atoms with van der Waals surface area (Å²) >= 11 is 0. The summed E-state index contributed by atoms with van der Waals surface area (Å²) in [5.41, 5.74) is 1.90. The van der Waals surface area contributed by atoms with Gasteiger partial charge in [0.15, 0.2) is 0 Å². The van der Waals surface area contributed by atoms with E-state index in [1.165, 1.54) is 5.01 Å². The SMILES string of the molecule is CCC(C=O)(NC(=O)N(C)NC)C(C)C. The molecular weight excluding hydrogens is 194 g/mol. The van der Waals surface area contributed by atoms with Gasteiger partial charge in [0, 0.05) is 14.1 Å². The van der Waals surface area contributed by atoms with E-state index in [-0.39, 0.29) is 11.9 Å². The third-order valence-electron chi connectivity index (χ3n) is 2.81. The Bertz CT molecular complexity index is 231. The zero-order valence-corrected chi connectivity index (χ0v) is 10.1. The summed E-state index contributed by atoms with van der Waals surface area (Å²) in [7, 11) is 3.24. The Morgan fingerprint density at radius 2 is 2.07 bits per heavy atom. The molecular formula is C10H21N3O2. The standard InChI is InChI=1S/C10H21N3O2/c1-6-10(7-14,8(2)3)12-9(15)13(5)11-4/h7-8,11H,6H2,1-5H3,(H,12,15). The molecule has 0 bridgehead atoms. The van der Waals surface area contributed by atoms with Crippen molar-refractivity contribution in [2.75, 3.05) is 14.1 Å². The summed E-state index contributed by atoms with van der Waals surface area (Å²) in [5.74, 6) is 0.0641. The first-order valence-electron chi connectivity index (χ1n) is 5.13. The maximum absolute atomic E-state index is 11.6. The molecule has 0 saturated heterocycles. The lowest BCUT2D eigenvalue weighted by atomic mass is 9.85. The van der Waals surface area contributed by atoms with Crippen LogP contribution >= 0.6 is 0 Å². The van der Waals surface area contributed by atoms with Crippen LogP contribution in [0.15, 0.2) is 0 Å². The Balaban J connectivity index is 4.68. The molecule has 0 aliphatic heterocycles. The third kappa shape index (κ3) is 3.20. The van der Waals surface area contributed by atoms with Gasteiger partial charge in [-0.2, -0.15) is 0 Å². The second kappa shape index (κ2) is 5.70. The van der Waals surface area contributed by atoms with Crippen LogP contribution < -0.4 is 10.7 Å². The second-order valence-electron chi connectivity index (χ2n) is 3.88. The molecule has 5 heteroatoms. The maximum Gasteiger partial charge on any atom is 0.332 e. The highest BCUT2D eigenvalue weighted by molar-refractivity contribution is 5.80. The van der Waals surface area contributed by atoms with E-state index in [0.717, 1.165) is 6.29 Å². The van der Waals surface area contributed by atoms with Crippen molar-refractivity contribution >= 4 is 12.3 Å². The lowest BCUT2D eigenvalue weighted by Crippen LogP contribution is -2.58. The highest BCUT2D eigenvalue weighted by atomic mass is 16.2. The molecule has 0 aromatic heterocycles. The van der Waals surface area contributed by atoms with E-state index in [2.05, 4.69) is 10.7 Å². The van der Waals surface area contributed by atoms with Gasteiger partial charge in [-0.25, -0.2) is 10.2 Å². The first-order valence-corrected chi connectivity index (χ1v) is 5.13. The number of urea groups is 1. The molecule has 0 aliphatic rings. The van der Waals surface area contributed by atoms with Crippen molar-refractivity contribution in [3.8, 4) is 0 Å². The predicted octanol–water partition coefficient (Wildman–Crippen LogP) is 0.766. The number of carbonyl (C=O) groups is 2. The highest BCUT2D eigenvalue weighted by Crippen LogP contribution is 2.18. The molecule has 2 N–H and O–H groups in total. The van der Waals surface area contributed by atoms with E-state index < -0.39 is 5.54 Å². The first kappa shape index (κ1) is 13.9. The van der Waals surface area contributed by atoms with Crippen molar-refractivity contribution in [1.82, 2.24) is 15.8 Å². The van der Waals surface area contributed by atoms with Crippen molar-refractivity contribution in [3.63, 3.8) is 0 Å². The van der Waals surface area contributed by atoms with Gasteiger partial charge in [-0.3, -0.25) is 5.01 Å². The fourth-order valence-corrected chi connectivity index (χ4v) is 1.27. The number of rotatable bonds is 5. The first-order chi connectivity index (χ1) is 6.93. The molecule has 0 saturated carbocycles. The number of nitrogens with one attached hydrogen (secondary N) is 2. The summed E-state index contributed by atoms with van der Waals surface area (Å²) in [5, 5.41) is 4.04. The van der Waals surface area contributed by atoms with Crippen LogP contribution in [0.5, 0.6) is 0 Å². The van der Waals surface area contributed by atoms with Crippen LogP contribution in [0.3, 0.4) is 0 Å². The van der Waals surface area contributed by atoms with Gasteiger partial charge in [0.25, 0.3) is 0 Å². The van der Waals surface area contributed by atoms with Crippen LogP contribution in [0, 0.1) is 5.92 Å². The van der Waals surface area contributed by atoms with Gasteiger partial charge in [0.2, 0.25) is 0 Å². The minimum Gasteiger partial charge on any atom is -0.324 e. The molecule has 1 unspecified atom stereocenters. The van der Waals surface area contributed by atoms with Gasteiger partial charge in [-0.1, -0.05) is 20.8 Å². The Labute approximate surface area is 91.2 Å². The van der Waals surface area contributed by atoms with Gasteiger partial charge in [-0.05, 0) is 12.3 Å². The van der Waals surface area contributed by atoms with Crippen LogP contribution in [-0.4, -0.2) is 37.0 Å². The number of hydrazine groups is 1. The number of nitrogens with zero attached hydrogens (tertiary/aromatic N) is 1. The van der Waals surface area contributed by atoms with Crippen molar-refractivity contribution < 1.29 is 9.59 Å². The van der Waals surface area contributed by atoms with Crippen molar-refractivity contribution in [2.45, 2.75) is 32.7 Å². The smallest absolute Gasteiger partial charge is 0.324 e. The molecule has 0 aromatic rings. The summed E-state index contributed by atoms with van der Waals surface area (Å²) in [6, 6.07) is -0.305. The average molecular weight is 215 g/mol. The molecule has 5 nitrogen and oxygen atoms in total. The third-order valence-corrected chi connectivity index (χ3v) is 2.81. The van der Waals surface area contributed by atoms with E-state index in [1.807, 2.05) is 20.8 Å². The zero-order chi connectivity index (χ0) is 12.1. The van der Waals surface area contributed by atoms with Crippen LogP contribution in [0.4, 0.5) is 4.79 Å². The summed E-state index contributed by atoms with van der Waals surface area (Å²) in [6.45, 7) is 5.71. The quantitative estimate of drug-likeness (QED) is 0.526. The number of hydrogen-bond acceptors (Lipinski definition) is 3. The van der Waals surface area contributed by atoms with Gasteiger partial charge in [0.1, 0.15) is 6.29 Å². The van der Waals surface area contributed by atoms with E-state index in [9.17, 15) is 9.59 Å². The summed E-state index contributed by atoms with van der Waals surface area (Å²) in [6.07, 6.45) is 1.40. The molecule has 0 fully saturated rings. The Kier molecular flexibility index (Phi) is 5.28. The fourth-order valence-electron chi connectivity index (χ4n) is 1.27. The zero-order valence-electron chi connectivity index (χ0n) is 10.1. The molecule has 2 amide bonds. The Morgan fingerprint density at radius 3 is 2.33 bits per heavy atom. The Morgan fingerprint density at radius 1 is 1.53 bits per heavy atom. The molecule has 0 radical (unpaired) electrons.